The first kappa shape index (κ1) is 13.5. The Balaban J connectivity index is 1.74. The van der Waals surface area contributed by atoms with Gasteiger partial charge in [-0.1, -0.05) is 53.6 Å². The maximum Gasteiger partial charge on any atom is 0.130 e. The van der Waals surface area contributed by atoms with E-state index in [-0.39, 0.29) is 5.82 Å². The van der Waals surface area contributed by atoms with Gasteiger partial charge in [0.1, 0.15) is 5.82 Å². The van der Waals surface area contributed by atoms with Gasteiger partial charge in [-0.2, -0.15) is 0 Å². The molecule has 0 radical (unpaired) electrons. The summed E-state index contributed by atoms with van der Waals surface area (Å²) in [6, 6.07) is 12.0. The summed E-state index contributed by atoms with van der Waals surface area (Å²) in [5.41, 5.74) is 8.79. The van der Waals surface area contributed by atoms with Crippen LogP contribution in [0.1, 0.15) is 47.6 Å². The molecule has 0 spiro atoms. The Hall–Kier alpha value is -2.15. The second kappa shape index (κ2) is 4.95. The van der Waals surface area contributed by atoms with E-state index in [1.807, 2.05) is 12.1 Å². The highest BCUT2D eigenvalue weighted by Gasteiger charge is 2.26. The Labute approximate surface area is 131 Å². The monoisotopic (exact) mass is 290 g/mol. The number of rotatable bonds is 2. The molecule has 2 aromatic rings. The SMILES string of the molecule is CC1=Cc2c(cccc2CC2C(C)=Cc3c(F)cccc32)C1. The zero-order valence-corrected chi connectivity index (χ0v) is 13.0. The van der Waals surface area contributed by atoms with E-state index in [0.29, 0.717) is 5.92 Å². The van der Waals surface area contributed by atoms with Gasteiger partial charge in [0.15, 0.2) is 0 Å². The van der Waals surface area contributed by atoms with Gasteiger partial charge in [-0.25, -0.2) is 4.39 Å². The van der Waals surface area contributed by atoms with Crippen molar-refractivity contribution in [1.29, 1.82) is 0 Å². The maximum absolute atomic E-state index is 14.0. The quantitative estimate of drug-likeness (QED) is 0.682. The lowest BCUT2D eigenvalue weighted by Gasteiger charge is -2.17. The minimum absolute atomic E-state index is 0.103. The molecule has 0 fully saturated rings. The molecule has 2 aliphatic carbocycles. The van der Waals surface area contributed by atoms with Crippen molar-refractivity contribution in [3.05, 3.63) is 81.2 Å². The highest BCUT2D eigenvalue weighted by atomic mass is 19.1. The molecule has 1 heteroatoms. The number of allylic oxidation sites excluding steroid dienone is 2. The second-order valence-corrected chi connectivity index (χ2v) is 6.55. The smallest absolute Gasteiger partial charge is 0.130 e. The molecule has 0 saturated carbocycles. The summed E-state index contributed by atoms with van der Waals surface area (Å²) in [5.74, 6) is 0.194. The molecule has 0 bridgehead atoms. The van der Waals surface area contributed by atoms with Gasteiger partial charge in [0.05, 0.1) is 0 Å². The van der Waals surface area contributed by atoms with Crippen LogP contribution < -0.4 is 0 Å². The summed E-state index contributed by atoms with van der Waals surface area (Å²) in [6.45, 7) is 4.31. The fraction of sp³-hybridized carbons (Fsp3) is 0.238. The Morgan fingerprint density at radius 2 is 1.82 bits per heavy atom. The average molecular weight is 290 g/mol. The van der Waals surface area contributed by atoms with E-state index in [0.717, 1.165) is 24.0 Å². The third-order valence-electron chi connectivity index (χ3n) is 4.95. The van der Waals surface area contributed by atoms with Gasteiger partial charge in [-0.3, -0.25) is 0 Å². The molecule has 22 heavy (non-hydrogen) atoms. The van der Waals surface area contributed by atoms with Gasteiger partial charge in [0, 0.05) is 11.5 Å². The standard InChI is InChI=1S/C21H19F/c1-13-9-15-5-3-6-16(19(15)10-13)12-18-14(2)11-20-17(18)7-4-8-21(20)22/h3-8,10-11,18H,9,12H2,1-2H3. The molecule has 2 aliphatic rings. The van der Waals surface area contributed by atoms with Crippen LogP contribution in [-0.2, 0) is 12.8 Å². The van der Waals surface area contributed by atoms with Crippen LogP contribution in [0.2, 0.25) is 0 Å². The average Bonchev–Trinajstić information content (AvgIpc) is 3.01. The van der Waals surface area contributed by atoms with E-state index in [1.165, 1.54) is 27.8 Å². The van der Waals surface area contributed by atoms with Gasteiger partial charge < -0.3 is 0 Å². The molecule has 0 aromatic heterocycles. The highest BCUT2D eigenvalue weighted by molar-refractivity contribution is 5.69. The molecule has 4 rings (SSSR count). The Kier molecular flexibility index (Phi) is 3.04. The minimum atomic E-state index is -0.103. The third kappa shape index (κ3) is 2.04. The van der Waals surface area contributed by atoms with Crippen LogP contribution in [0, 0.1) is 5.82 Å². The normalized spacial score (nSPS) is 18.8. The van der Waals surface area contributed by atoms with Crippen LogP contribution in [0.15, 0.2) is 47.5 Å². The third-order valence-corrected chi connectivity index (χ3v) is 4.95. The van der Waals surface area contributed by atoms with Crippen molar-refractivity contribution in [2.75, 3.05) is 0 Å². The first-order chi connectivity index (χ1) is 10.6. The largest absolute Gasteiger partial charge is 0.206 e. The summed E-state index contributed by atoms with van der Waals surface area (Å²) >= 11 is 0. The van der Waals surface area contributed by atoms with Gasteiger partial charge in [-0.05, 0) is 55.0 Å². The van der Waals surface area contributed by atoms with Crippen molar-refractivity contribution in [3.8, 4) is 0 Å². The molecule has 0 heterocycles. The summed E-state index contributed by atoms with van der Waals surface area (Å²) in [6.07, 6.45) is 6.34. The predicted molar refractivity (Wildman–Crippen MR) is 90.3 cm³/mol. The van der Waals surface area contributed by atoms with E-state index in [2.05, 4.69) is 44.2 Å². The van der Waals surface area contributed by atoms with Crippen LogP contribution in [0.4, 0.5) is 4.39 Å². The van der Waals surface area contributed by atoms with Crippen molar-refractivity contribution in [1.82, 2.24) is 0 Å². The Bertz CT molecular complexity index is 824. The molecule has 110 valence electrons. The van der Waals surface area contributed by atoms with Crippen molar-refractivity contribution in [2.45, 2.75) is 32.6 Å². The summed E-state index contributed by atoms with van der Waals surface area (Å²) < 4.78 is 14.0. The van der Waals surface area contributed by atoms with Crippen molar-refractivity contribution < 1.29 is 4.39 Å². The van der Waals surface area contributed by atoms with Crippen LogP contribution >= 0.6 is 0 Å². The number of halogens is 1. The molecule has 2 aromatic carbocycles. The lowest BCUT2D eigenvalue weighted by atomic mass is 9.87. The van der Waals surface area contributed by atoms with Gasteiger partial charge in [0.25, 0.3) is 0 Å². The number of hydrogen-bond acceptors (Lipinski definition) is 0. The van der Waals surface area contributed by atoms with Crippen LogP contribution in [0.3, 0.4) is 0 Å². The zero-order chi connectivity index (χ0) is 15.3. The van der Waals surface area contributed by atoms with Gasteiger partial charge >= 0.3 is 0 Å². The maximum atomic E-state index is 14.0. The van der Waals surface area contributed by atoms with Crippen molar-refractivity contribution in [2.24, 2.45) is 0 Å². The van der Waals surface area contributed by atoms with Gasteiger partial charge in [0.2, 0.25) is 0 Å². The molecule has 0 nitrogen and oxygen atoms in total. The molecule has 1 atom stereocenters. The number of benzene rings is 2. The molecular formula is C21H19F. The first-order valence-corrected chi connectivity index (χ1v) is 7.88. The first-order valence-electron chi connectivity index (χ1n) is 7.88. The van der Waals surface area contributed by atoms with Crippen LogP contribution in [0.5, 0.6) is 0 Å². The van der Waals surface area contributed by atoms with Gasteiger partial charge in [-0.15, -0.1) is 0 Å². The summed E-state index contributed by atoms with van der Waals surface area (Å²) in [7, 11) is 0. The predicted octanol–water partition coefficient (Wildman–Crippen LogP) is 5.53. The summed E-state index contributed by atoms with van der Waals surface area (Å²) in [5, 5.41) is 0. The number of hydrogen-bond donors (Lipinski definition) is 0. The van der Waals surface area contributed by atoms with E-state index >= 15 is 0 Å². The van der Waals surface area contributed by atoms with E-state index in [1.54, 1.807) is 6.07 Å². The van der Waals surface area contributed by atoms with Crippen molar-refractivity contribution in [3.63, 3.8) is 0 Å². The second-order valence-electron chi connectivity index (χ2n) is 6.55. The van der Waals surface area contributed by atoms with Crippen LogP contribution in [0.25, 0.3) is 12.2 Å². The molecule has 0 aliphatic heterocycles. The highest BCUT2D eigenvalue weighted by Crippen LogP contribution is 2.40. The lowest BCUT2D eigenvalue weighted by Crippen LogP contribution is -2.04. The lowest BCUT2D eigenvalue weighted by molar-refractivity contribution is 0.622. The van der Waals surface area contributed by atoms with Crippen molar-refractivity contribution >= 4 is 12.2 Å². The zero-order valence-electron chi connectivity index (χ0n) is 13.0. The minimum Gasteiger partial charge on any atom is -0.206 e. The Morgan fingerprint density at radius 3 is 2.68 bits per heavy atom. The fourth-order valence-electron chi connectivity index (χ4n) is 3.86. The molecule has 0 N–H and O–H groups in total. The van der Waals surface area contributed by atoms with Crippen LogP contribution in [-0.4, -0.2) is 0 Å². The fourth-order valence-corrected chi connectivity index (χ4v) is 3.86. The van der Waals surface area contributed by atoms with E-state index < -0.39 is 0 Å². The summed E-state index contributed by atoms with van der Waals surface area (Å²) in [4.78, 5) is 0. The Morgan fingerprint density at radius 1 is 1.00 bits per heavy atom. The number of fused-ring (bicyclic) bond motifs is 2. The molecule has 0 saturated heterocycles. The topological polar surface area (TPSA) is 0 Å². The van der Waals surface area contributed by atoms with E-state index in [4.69, 9.17) is 0 Å². The van der Waals surface area contributed by atoms with E-state index in [9.17, 15) is 4.39 Å². The molecule has 0 amide bonds. The molecule has 1 unspecified atom stereocenters. The molecular weight excluding hydrogens is 271 g/mol.